The Hall–Kier alpha value is -2.35. The highest BCUT2D eigenvalue weighted by atomic mass is 35.5. The van der Waals surface area contributed by atoms with Gasteiger partial charge in [0, 0.05) is 23.4 Å². The number of hydrogen-bond acceptors (Lipinski definition) is 3. The monoisotopic (exact) mass is 349 g/mol. The van der Waals surface area contributed by atoms with E-state index in [1.165, 1.54) is 0 Å². The van der Waals surface area contributed by atoms with Gasteiger partial charge in [-0.25, -0.2) is 13.8 Å². The molecule has 3 nitrogen and oxygen atoms in total. The van der Waals surface area contributed by atoms with Crippen molar-refractivity contribution in [2.24, 2.45) is 10.7 Å². The number of nitrogens with zero attached hydrogens (tertiary/aromatic N) is 1. The molecule has 122 valence electrons. The smallest absolute Gasteiger partial charge is 0.383 e. The maximum atomic E-state index is 13.3. The molecule has 9 heteroatoms. The number of benzene rings is 2. The minimum absolute atomic E-state index is 0. The first-order valence-corrected chi connectivity index (χ1v) is 6.07. The Kier molecular flexibility index (Phi) is 4.21. The zero-order valence-electron chi connectivity index (χ0n) is 11.2. The summed E-state index contributed by atoms with van der Waals surface area (Å²) in [7, 11) is 0. The number of hydrogen-bond donors (Lipinski definition) is 2. The second-order valence-corrected chi connectivity index (χ2v) is 4.66. The highest BCUT2D eigenvalue weighted by molar-refractivity contribution is 6.06. The molecule has 3 N–H and O–H groups in total. The SMILES string of the molecule is Cl.NC1=Nc2cc(F)c(F)cc2Nc2ccc(C(F)(F)F)cc21. The molecule has 23 heavy (non-hydrogen) atoms. The number of halogens is 6. The largest absolute Gasteiger partial charge is 0.416 e. The lowest BCUT2D eigenvalue weighted by Gasteiger charge is -2.12. The van der Waals surface area contributed by atoms with E-state index in [0.29, 0.717) is 0 Å². The minimum Gasteiger partial charge on any atom is -0.383 e. The van der Waals surface area contributed by atoms with Crippen molar-refractivity contribution in [2.45, 2.75) is 6.18 Å². The van der Waals surface area contributed by atoms with Crippen molar-refractivity contribution in [2.75, 3.05) is 5.32 Å². The third kappa shape index (κ3) is 3.07. The fourth-order valence-electron chi connectivity index (χ4n) is 2.11. The zero-order valence-corrected chi connectivity index (χ0v) is 12.0. The van der Waals surface area contributed by atoms with Crippen LogP contribution in [0.1, 0.15) is 11.1 Å². The summed E-state index contributed by atoms with van der Waals surface area (Å²) in [5.74, 6) is -2.45. The third-order valence-electron chi connectivity index (χ3n) is 3.17. The van der Waals surface area contributed by atoms with E-state index in [2.05, 4.69) is 10.3 Å². The number of amidine groups is 1. The molecule has 0 aliphatic carbocycles. The lowest BCUT2D eigenvalue weighted by Crippen LogP contribution is -2.15. The Balaban J connectivity index is 0.00000192. The number of rotatable bonds is 0. The first-order chi connectivity index (χ1) is 10.3. The predicted octanol–water partition coefficient (Wildman–Crippen LogP) is 4.50. The minimum atomic E-state index is -4.54. The summed E-state index contributed by atoms with van der Waals surface area (Å²) >= 11 is 0. The topological polar surface area (TPSA) is 50.4 Å². The van der Waals surface area contributed by atoms with Gasteiger partial charge in [-0.15, -0.1) is 12.4 Å². The van der Waals surface area contributed by atoms with Crippen LogP contribution < -0.4 is 11.1 Å². The van der Waals surface area contributed by atoms with Crippen molar-refractivity contribution in [1.82, 2.24) is 0 Å². The lowest BCUT2D eigenvalue weighted by atomic mass is 10.1. The molecule has 1 aliphatic heterocycles. The molecular weight excluding hydrogens is 341 g/mol. The fraction of sp³-hybridized carbons (Fsp3) is 0.0714. The molecule has 0 spiro atoms. The number of alkyl halides is 3. The van der Waals surface area contributed by atoms with E-state index in [-0.39, 0.29) is 40.9 Å². The van der Waals surface area contributed by atoms with Crippen molar-refractivity contribution in [3.05, 3.63) is 53.1 Å². The fourth-order valence-corrected chi connectivity index (χ4v) is 2.11. The molecule has 0 radical (unpaired) electrons. The third-order valence-corrected chi connectivity index (χ3v) is 3.17. The molecular formula is C14H9ClF5N3. The molecule has 0 amide bonds. The van der Waals surface area contributed by atoms with Crippen LogP contribution in [0.4, 0.5) is 39.0 Å². The molecule has 0 saturated heterocycles. The Morgan fingerprint density at radius 1 is 0.957 bits per heavy atom. The Morgan fingerprint density at radius 3 is 2.26 bits per heavy atom. The van der Waals surface area contributed by atoms with Crippen LogP contribution in [0.5, 0.6) is 0 Å². The van der Waals surface area contributed by atoms with E-state index in [1.807, 2.05) is 0 Å². The molecule has 0 unspecified atom stereocenters. The van der Waals surface area contributed by atoms with Gasteiger partial charge in [0.25, 0.3) is 0 Å². The number of anilines is 2. The first-order valence-electron chi connectivity index (χ1n) is 6.07. The molecule has 0 fully saturated rings. The normalized spacial score (nSPS) is 13.0. The van der Waals surface area contributed by atoms with Crippen molar-refractivity contribution in [1.29, 1.82) is 0 Å². The van der Waals surface area contributed by atoms with E-state index in [9.17, 15) is 22.0 Å². The quantitative estimate of drug-likeness (QED) is 0.688. The van der Waals surface area contributed by atoms with Crippen molar-refractivity contribution < 1.29 is 22.0 Å². The molecule has 2 aromatic rings. The van der Waals surface area contributed by atoms with Crippen LogP contribution in [0.25, 0.3) is 0 Å². The van der Waals surface area contributed by atoms with E-state index < -0.39 is 23.4 Å². The van der Waals surface area contributed by atoms with Gasteiger partial charge >= 0.3 is 6.18 Å². The van der Waals surface area contributed by atoms with E-state index >= 15 is 0 Å². The van der Waals surface area contributed by atoms with Gasteiger partial charge in [-0.1, -0.05) is 0 Å². The van der Waals surface area contributed by atoms with Gasteiger partial charge in [0.1, 0.15) is 5.84 Å². The average Bonchev–Trinajstić information content (AvgIpc) is 2.55. The summed E-state index contributed by atoms with van der Waals surface area (Å²) in [5, 5.41) is 2.71. The van der Waals surface area contributed by atoms with E-state index in [1.54, 1.807) is 0 Å². The molecule has 0 atom stereocenters. The van der Waals surface area contributed by atoms with E-state index in [0.717, 1.165) is 30.3 Å². The maximum absolute atomic E-state index is 13.3. The number of fused-ring (bicyclic) bond motifs is 2. The van der Waals surface area contributed by atoms with Gasteiger partial charge in [0.2, 0.25) is 0 Å². The predicted molar refractivity (Wildman–Crippen MR) is 78.7 cm³/mol. The van der Waals surface area contributed by atoms with Crippen LogP contribution in [0.3, 0.4) is 0 Å². The van der Waals surface area contributed by atoms with Crippen LogP contribution in [0.2, 0.25) is 0 Å². The van der Waals surface area contributed by atoms with Gasteiger partial charge in [-0.3, -0.25) is 0 Å². The highest BCUT2D eigenvalue weighted by Crippen LogP contribution is 2.37. The molecule has 1 heterocycles. The molecule has 0 saturated carbocycles. The molecule has 0 aromatic heterocycles. The second-order valence-electron chi connectivity index (χ2n) is 4.66. The van der Waals surface area contributed by atoms with Crippen LogP contribution in [-0.4, -0.2) is 5.84 Å². The lowest BCUT2D eigenvalue weighted by molar-refractivity contribution is -0.137. The van der Waals surface area contributed by atoms with Gasteiger partial charge < -0.3 is 11.1 Å². The number of nitrogens with one attached hydrogen (secondary N) is 1. The molecule has 2 aromatic carbocycles. The zero-order chi connectivity index (χ0) is 16.1. The summed E-state index contributed by atoms with van der Waals surface area (Å²) < 4.78 is 64.8. The maximum Gasteiger partial charge on any atom is 0.416 e. The van der Waals surface area contributed by atoms with E-state index in [4.69, 9.17) is 5.73 Å². The summed E-state index contributed by atoms with van der Waals surface area (Å²) in [6.07, 6.45) is -4.54. The van der Waals surface area contributed by atoms with Crippen LogP contribution >= 0.6 is 12.4 Å². The summed E-state index contributed by atoms with van der Waals surface area (Å²) in [5.41, 5.74) is 5.13. The number of nitrogens with two attached hydrogens (primary N) is 1. The average molecular weight is 350 g/mol. The Morgan fingerprint density at radius 2 is 1.61 bits per heavy atom. The molecule has 3 rings (SSSR count). The first kappa shape index (κ1) is 17.0. The second kappa shape index (κ2) is 5.69. The van der Waals surface area contributed by atoms with Gasteiger partial charge in [-0.05, 0) is 18.2 Å². The summed E-state index contributed by atoms with van der Waals surface area (Å²) in [6.45, 7) is 0. The Labute approximate surface area is 133 Å². The van der Waals surface area contributed by atoms with Crippen molar-refractivity contribution in [3.8, 4) is 0 Å². The molecule has 1 aliphatic rings. The van der Waals surface area contributed by atoms with Crippen LogP contribution in [-0.2, 0) is 6.18 Å². The summed E-state index contributed by atoms with van der Waals surface area (Å²) in [6, 6.07) is 4.55. The number of aliphatic imine (C=N–C) groups is 1. The van der Waals surface area contributed by atoms with Crippen molar-refractivity contribution >= 4 is 35.3 Å². The standard InChI is InChI=1S/C14H8F5N3.ClH/c15-8-4-11-12(5-9(8)16)22-13(20)7-3-6(14(17,18)19)1-2-10(7)21-11;/h1-5,21H,(H2,20,22);1H. The van der Waals surface area contributed by atoms with Gasteiger partial charge in [-0.2, -0.15) is 13.2 Å². The van der Waals surface area contributed by atoms with Gasteiger partial charge in [0.05, 0.1) is 16.9 Å². The summed E-state index contributed by atoms with van der Waals surface area (Å²) in [4.78, 5) is 3.86. The highest BCUT2D eigenvalue weighted by Gasteiger charge is 2.31. The van der Waals surface area contributed by atoms with Crippen LogP contribution in [0.15, 0.2) is 35.3 Å². The van der Waals surface area contributed by atoms with Crippen LogP contribution in [0, 0.1) is 11.6 Å². The molecule has 0 bridgehead atoms. The van der Waals surface area contributed by atoms with Gasteiger partial charge in [0.15, 0.2) is 11.6 Å². The Bertz CT molecular complexity index is 802. The van der Waals surface area contributed by atoms with Crippen molar-refractivity contribution in [3.63, 3.8) is 0 Å².